The van der Waals surface area contributed by atoms with Crippen molar-refractivity contribution >= 4 is 21.4 Å². The molecule has 1 aromatic heterocycles. The van der Waals surface area contributed by atoms with Gasteiger partial charge in [-0.3, -0.25) is 0 Å². The van der Waals surface area contributed by atoms with Crippen molar-refractivity contribution in [3.8, 4) is 11.5 Å². The molecular formula is C17H21NO4S2. The van der Waals surface area contributed by atoms with E-state index in [1.165, 1.54) is 11.3 Å². The number of aryl methyl sites for hydroxylation is 1. The van der Waals surface area contributed by atoms with Gasteiger partial charge in [0, 0.05) is 16.8 Å². The summed E-state index contributed by atoms with van der Waals surface area (Å²) in [6.45, 7) is 2.29. The minimum absolute atomic E-state index is 0.154. The van der Waals surface area contributed by atoms with Gasteiger partial charge in [0.15, 0.2) is 11.5 Å². The second-order valence-corrected chi connectivity index (χ2v) is 9.32. The van der Waals surface area contributed by atoms with Crippen molar-refractivity contribution in [2.24, 2.45) is 0 Å². The molecule has 1 aliphatic carbocycles. The Bertz CT molecular complexity index is 838. The van der Waals surface area contributed by atoms with Gasteiger partial charge in [-0.2, -0.15) is 0 Å². The quantitative estimate of drug-likeness (QED) is 0.817. The first-order valence-electron chi connectivity index (χ1n) is 7.69. The zero-order chi connectivity index (χ0) is 17.4. The Morgan fingerprint density at radius 1 is 1.12 bits per heavy atom. The number of methoxy groups -OCH3 is 2. The van der Waals surface area contributed by atoms with E-state index in [9.17, 15) is 8.42 Å². The van der Waals surface area contributed by atoms with Crippen LogP contribution in [0.25, 0.3) is 0 Å². The van der Waals surface area contributed by atoms with Gasteiger partial charge in [0.25, 0.3) is 0 Å². The molecule has 1 fully saturated rings. The zero-order valence-electron chi connectivity index (χ0n) is 14.0. The Morgan fingerprint density at radius 2 is 1.83 bits per heavy atom. The summed E-state index contributed by atoms with van der Waals surface area (Å²) in [6.07, 6.45) is 1.91. The number of hydrogen-bond acceptors (Lipinski definition) is 5. The van der Waals surface area contributed by atoms with Crippen LogP contribution in [0.1, 0.15) is 23.3 Å². The molecule has 130 valence electrons. The van der Waals surface area contributed by atoms with Crippen molar-refractivity contribution in [3.05, 3.63) is 40.8 Å². The van der Waals surface area contributed by atoms with Crippen LogP contribution in [0.3, 0.4) is 0 Å². The summed E-state index contributed by atoms with van der Waals surface area (Å²) in [5.74, 6) is 1.34. The molecule has 1 heterocycles. The third-order valence-corrected chi connectivity index (χ3v) is 7.32. The van der Waals surface area contributed by atoms with Crippen LogP contribution < -0.4 is 14.2 Å². The number of thiophene rings is 1. The van der Waals surface area contributed by atoms with E-state index >= 15 is 0 Å². The number of benzene rings is 1. The van der Waals surface area contributed by atoms with Gasteiger partial charge in [0.2, 0.25) is 10.0 Å². The maximum Gasteiger partial charge on any atom is 0.250 e. The molecule has 0 unspecified atom stereocenters. The Labute approximate surface area is 146 Å². The topological polar surface area (TPSA) is 64.6 Å². The van der Waals surface area contributed by atoms with Crippen LogP contribution in [0.4, 0.5) is 0 Å². The monoisotopic (exact) mass is 367 g/mol. The molecule has 0 radical (unpaired) electrons. The standard InChI is InChI=1S/C17H21NO4S2/c1-12-4-7-16(23-12)24(19,20)18-11-17(8-9-17)13-5-6-14(21-2)15(10-13)22-3/h4-7,10,18H,8-9,11H2,1-3H3. The highest BCUT2D eigenvalue weighted by Gasteiger charge is 2.45. The average molecular weight is 367 g/mol. The predicted octanol–water partition coefficient (Wildman–Crippen LogP) is 3.08. The van der Waals surface area contributed by atoms with Crippen LogP contribution in [-0.4, -0.2) is 29.2 Å². The molecule has 0 aliphatic heterocycles. The van der Waals surface area contributed by atoms with Crippen LogP contribution in [0.15, 0.2) is 34.5 Å². The van der Waals surface area contributed by atoms with Crippen LogP contribution in [0.2, 0.25) is 0 Å². The zero-order valence-corrected chi connectivity index (χ0v) is 15.6. The van der Waals surface area contributed by atoms with Gasteiger partial charge in [-0.1, -0.05) is 6.07 Å². The van der Waals surface area contributed by atoms with E-state index in [2.05, 4.69) is 4.72 Å². The summed E-state index contributed by atoms with van der Waals surface area (Å²) >= 11 is 1.29. The minimum Gasteiger partial charge on any atom is -0.493 e. The van der Waals surface area contributed by atoms with Crippen molar-refractivity contribution in [1.29, 1.82) is 0 Å². The van der Waals surface area contributed by atoms with E-state index in [0.717, 1.165) is 23.3 Å². The minimum atomic E-state index is -3.46. The van der Waals surface area contributed by atoms with E-state index in [1.54, 1.807) is 20.3 Å². The molecule has 1 saturated carbocycles. The van der Waals surface area contributed by atoms with Crippen LogP contribution in [-0.2, 0) is 15.4 Å². The Balaban J connectivity index is 1.78. The number of nitrogens with one attached hydrogen (secondary N) is 1. The number of ether oxygens (including phenoxy) is 2. The van der Waals surface area contributed by atoms with Crippen LogP contribution in [0.5, 0.6) is 11.5 Å². The molecule has 1 aromatic carbocycles. The molecule has 1 aliphatic rings. The second-order valence-electron chi connectivity index (χ2n) is 6.04. The normalized spacial score (nSPS) is 16.0. The summed E-state index contributed by atoms with van der Waals surface area (Å²) < 4.78 is 38.6. The van der Waals surface area contributed by atoms with Crippen LogP contribution in [0, 0.1) is 6.92 Å². The van der Waals surface area contributed by atoms with E-state index < -0.39 is 10.0 Å². The lowest BCUT2D eigenvalue weighted by molar-refractivity contribution is 0.354. The Kier molecular flexibility index (Phi) is 4.59. The number of rotatable bonds is 7. The van der Waals surface area contributed by atoms with E-state index in [-0.39, 0.29) is 5.41 Å². The molecule has 0 saturated heterocycles. The third kappa shape index (κ3) is 3.29. The molecule has 3 rings (SSSR count). The lowest BCUT2D eigenvalue weighted by Crippen LogP contribution is -2.31. The van der Waals surface area contributed by atoms with Gasteiger partial charge in [0.05, 0.1) is 14.2 Å². The first-order valence-corrected chi connectivity index (χ1v) is 9.99. The van der Waals surface area contributed by atoms with E-state index in [0.29, 0.717) is 22.3 Å². The highest BCUT2D eigenvalue weighted by molar-refractivity contribution is 7.91. The van der Waals surface area contributed by atoms with Crippen molar-refractivity contribution < 1.29 is 17.9 Å². The summed E-state index contributed by atoms with van der Waals surface area (Å²) in [4.78, 5) is 0.983. The Hall–Kier alpha value is -1.57. The third-order valence-electron chi connectivity index (χ3n) is 4.43. The lowest BCUT2D eigenvalue weighted by Gasteiger charge is -2.18. The molecular weight excluding hydrogens is 346 g/mol. The molecule has 5 nitrogen and oxygen atoms in total. The average Bonchev–Trinajstić information content (AvgIpc) is 3.25. The highest BCUT2D eigenvalue weighted by atomic mass is 32.2. The summed E-state index contributed by atoms with van der Waals surface area (Å²) in [5.41, 5.74) is 0.920. The smallest absolute Gasteiger partial charge is 0.250 e. The first kappa shape index (κ1) is 17.3. The second kappa shape index (κ2) is 6.38. The van der Waals surface area contributed by atoms with Gasteiger partial charge in [0.1, 0.15) is 4.21 Å². The molecule has 0 amide bonds. The number of hydrogen-bond donors (Lipinski definition) is 1. The van der Waals surface area contributed by atoms with Gasteiger partial charge in [-0.15, -0.1) is 11.3 Å². The van der Waals surface area contributed by atoms with Gasteiger partial charge >= 0.3 is 0 Å². The summed E-state index contributed by atoms with van der Waals surface area (Å²) in [7, 11) is -0.258. The SMILES string of the molecule is COc1ccc(C2(CNS(=O)(=O)c3ccc(C)s3)CC2)cc1OC. The molecule has 0 bridgehead atoms. The van der Waals surface area contributed by atoms with Gasteiger partial charge in [-0.05, 0) is 49.6 Å². The maximum absolute atomic E-state index is 12.4. The van der Waals surface area contributed by atoms with E-state index in [1.807, 2.05) is 31.2 Å². The summed E-state index contributed by atoms with van der Waals surface area (Å²) in [5, 5.41) is 0. The molecule has 0 atom stereocenters. The van der Waals surface area contributed by atoms with Crippen molar-refractivity contribution in [3.63, 3.8) is 0 Å². The largest absolute Gasteiger partial charge is 0.493 e. The molecule has 24 heavy (non-hydrogen) atoms. The fourth-order valence-electron chi connectivity index (χ4n) is 2.75. The van der Waals surface area contributed by atoms with Gasteiger partial charge < -0.3 is 9.47 Å². The summed E-state index contributed by atoms with van der Waals surface area (Å²) in [6, 6.07) is 9.26. The molecule has 2 aromatic rings. The fraction of sp³-hybridized carbons (Fsp3) is 0.412. The van der Waals surface area contributed by atoms with Crippen molar-refractivity contribution in [2.75, 3.05) is 20.8 Å². The maximum atomic E-state index is 12.4. The number of sulfonamides is 1. The Morgan fingerprint density at radius 3 is 2.38 bits per heavy atom. The van der Waals surface area contributed by atoms with Gasteiger partial charge in [-0.25, -0.2) is 13.1 Å². The van der Waals surface area contributed by atoms with Crippen LogP contribution >= 0.6 is 11.3 Å². The van der Waals surface area contributed by atoms with Crippen molar-refractivity contribution in [1.82, 2.24) is 4.72 Å². The fourth-order valence-corrected chi connectivity index (χ4v) is 5.20. The lowest BCUT2D eigenvalue weighted by atomic mass is 9.96. The van der Waals surface area contributed by atoms with Crippen molar-refractivity contribution in [2.45, 2.75) is 29.4 Å². The van der Waals surface area contributed by atoms with E-state index in [4.69, 9.17) is 9.47 Å². The predicted molar refractivity (Wildman–Crippen MR) is 94.7 cm³/mol. The highest BCUT2D eigenvalue weighted by Crippen LogP contribution is 2.49. The molecule has 7 heteroatoms. The first-order chi connectivity index (χ1) is 11.4. The molecule has 0 spiro atoms. The molecule has 1 N–H and O–H groups in total.